The first kappa shape index (κ1) is 11.7. The summed E-state index contributed by atoms with van der Waals surface area (Å²) < 4.78 is 5.27. The zero-order valence-electron chi connectivity index (χ0n) is 7.89. The van der Waals surface area contributed by atoms with E-state index in [4.69, 9.17) is 10.1 Å². The third-order valence-electron chi connectivity index (χ3n) is 1.28. The molecule has 0 bridgehead atoms. The fourth-order valence-electron chi connectivity index (χ4n) is 0.635. The van der Waals surface area contributed by atoms with Gasteiger partial charge >= 0.3 is 0 Å². The number of nitrogens with zero attached hydrogens (tertiary/aromatic N) is 1. The Labute approximate surface area is 78.1 Å². The standard InChI is InChI=1S/C7H17N3OS/c1-4-5-11-6-10(9-2)7(8)12-3/h8-9H,4-6H2,1-3H3. The summed E-state index contributed by atoms with van der Waals surface area (Å²) in [5.41, 5.74) is 2.87. The molecule has 0 rings (SSSR count). The quantitative estimate of drug-likeness (QED) is 0.225. The number of thioether (sulfide) groups is 1. The van der Waals surface area contributed by atoms with E-state index in [1.165, 1.54) is 11.8 Å². The normalized spacial score (nSPS) is 9.92. The van der Waals surface area contributed by atoms with Crippen molar-refractivity contribution in [1.82, 2.24) is 10.4 Å². The van der Waals surface area contributed by atoms with E-state index < -0.39 is 0 Å². The molecule has 0 aliphatic heterocycles. The monoisotopic (exact) mass is 191 g/mol. The minimum absolute atomic E-state index is 0.435. The highest BCUT2D eigenvalue weighted by atomic mass is 32.2. The molecule has 0 fully saturated rings. The van der Waals surface area contributed by atoms with E-state index in [9.17, 15) is 0 Å². The lowest BCUT2D eigenvalue weighted by atomic mass is 10.5. The minimum Gasteiger partial charge on any atom is -0.360 e. The molecule has 0 unspecified atom stereocenters. The van der Waals surface area contributed by atoms with Crippen LogP contribution >= 0.6 is 11.8 Å². The lowest BCUT2D eigenvalue weighted by molar-refractivity contribution is 0.0486. The van der Waals surface area contributed by atoms with Crippen molar-refractivity contribution in [3.05, 3.63) is 0 Å². The highest BCUT2D eigenvalue weighted by Crippen LogP contribution is 1.99. The maximum atomic E-state index is 7.48. The van der Waals surface area contributed by atoms with E-state index in [1.807, 2.05) is 6.26 Å². The van der Waals surface area contributed by atoms with Gasteiger partial charge in [-0.05, 0) is 12.7 Å². The lowest BCUT2D eigenvalue weighted by Crippen LogP contribution is -2.40. The average Bonchev–Trinajstić information content (AvgIpc) is 2.11. The van der Waals surface area contributed by atoms with Crippen molar-refractivity contribution in [2.24, 2.45) is 0 Å². The van der Waals surface area contributed by atoms with Gasteiger partial charge in [0.05, 0.1) is 0 Å². The van der Waals surface area contributed by atoms with Gasteiger partial charge in [0.15, 0.2) is 5.17 Å². The zero-order valence-corrected chi connectivity index (χ0v) is 8.70. The minimum atomic E-state index is 0.435. The fraction of sp³-hybridized carbons (Fsp3) is 0.857. The van der Waals surface area contributed by atoms with Crippen molar-refractivity contribution in [2.45, 2.75) is 13.3 Å². The Morgan fingerprint density at radius 2 is 2.33 bits per heavy atom. The van der Waals surface area contributed by atoms with Crippen LogP contribution in [0.5, 0.6) is 0 Å². The Balaban J connectivity index is 3.60. The molecule has 0 aromatic carbocycles. The van der Waals surface area contributed by atoms with Gasteiger partial charge < -0.3 is 4.74 Å². The summed E-state index contributed by atoms with van der Waals surface area (Å²) in [6.45, 7) is 3.23. The van der Waals surface area contributed by atoms with Crippen molar-refractivity contribution >= 4 is 16.9 Å². The van der Waals surface area contributed by atoms with Crippen molar-refractivity contribution in [2.75, 3.05) is 26.6 Å². The molecule has 0 amide bonds. The predicted molar refractivity (Wildman–Crippen MR) is 53.3 cm³/mol. The summed E-state index contributed by atoms with van der Waals surface area (Å²) in [4.78, 5) is 0. The van der Waals surface area contributed by atoms with Gasteiger partial charge in [-0.2, -0.15) is 0 Å². The first-order chi connectivity index (χ1) is 5.76. The van der Waals surface area contributed by atoms with Gasteiger partial charge in [-0.25, -0.2) is 5.43 Å². The van der Waals surface area contributed by atoms with Crippen LogP contribution in [0.3, 0.4) is 0 Å². The number of ether oxygens (including phenoxy) is 1. The van der Waals surface area contributed by atoms with Crippen LogP contribution < -0.4 is 5.43 Å². The average molecular weight is 191 g/mol. The first-order valence-electron chi connectivity index (χ1n) is 3.91. The molecule has 0 atom stereocenters. The molecule has 5 heteroatoms. The molecule has 72 valence electrons. The zero-order chi connectivity index (χ0) is 9.40. The van der Waals surface area contributed by atoms with Gasteiger partial charge in [0.25, 0.3) is 0 Å². The van der Waals surface area contributed by atoms with Crippen LogP contribution in [0.15, 0.2) is 0 Å². The molecule has 0 aliphatic carbocycles. The van der Waals surface area contributed by atoms with Crippen LogP contribution in [-0.2, 0) is 4.74 Å². The summed E-state index contributed by atoms with van der Waals surface area (Å²) in [7, 11) is 1.78. The first-order valence-corrected chi connectivity index (χ1v) is 5.14. The predicted octanol–water partition coefficient (Wildman–Crippen LogP) is 1.10. The molecule has 0 aromatic heterocycles. The number of hydrogen-bond donors (Lipinski definition) is 2. The van der Waals surface area contributed by atoms with Crippen molar-refractivity contribution in [3.8, 4) is 0 Å². The number of hydrogen-bond acceptors (Lipinski definition) is 4. The SMILES string of the molecule is CCCOCN(NC)C(=N)SC. The van der Waals surface area contributed by atoms with Crippen molar-refractivity contribution in [3.63, 3.8) is 0 Å². The maximum Gasteiger partial charge on any atom is 0.172 e. The Bertz CT molecular complexity index is 132. The van der Waals surface area contributed by atoms with Gasteiger partial charge in [-0.1, -0.05) is 18.7 Å². The second kappa shape index (κ2) is 7.39. The topological polar surface area (TPSA) is 48.4 Å². The van der Waals surface area contributed by atoms with Gasteiger partial charge in [0.1, 0.15) is 6.73 Å². The third-order valence-corrected chi connectivity index (χ3v) is 1.88. The Morgan fingerprint density at radius 1 is 1.67 bits per heavy atom. The molecular formula is C7H17N3OS. The molecule has 0 radical (unpaired) electrons. The smallest absolute Gasteiger partial charge is 0.172 e. The van der Waals surface area contributed by atoms with Gasteiger partial charge in [0.2, 0.25) is 0 Å². The van der Waals surface area contributed by atoms with Crippen LogP contribution in [0.2, 0.25) is 0 Å². The van der Waals surface area contributed by atoms with Crippen LogP contribution in [0.4, 0.5) is 0 Å². The molecule has 0 spiro atoms. The Hall–Kier alpha value is -0.260. The maximum absolute atomic E-state index is 7.48. The Kier molecular flexibility index (Phi) is 7.23. The third kappa shape index (κ3) is 4.58. The van der Waals surface area contributed by atoms with E-state index in [-0.39, 0.29) is 0 Å². The van der Waals surface area contributed by atoms with Crippen molar-refractivity contribution < 1.29 is 4.74 Å². The highest BCUT2D eigenvalue weighted by molar-refractivity contribution is 8.13. The molecule has 0 aromatic rings. The van der Waals surface area contributed by atoms with Crippen LogP contribution in [-0.4, -0.2) is 36.8 Å². The molecule has 4 nitrogen and oxygen atoms in total. The van der Waals surface area contributed by atoms with Crippen LogP contribution in [0.25, 0.3) is 0 Å². The molecule has 0 aliphatic rings. The van der Waals surface area contributed by atoms with Crippen LogP contribution in [0.1, 0.15) is 13.3 Å². The molecular weight excluding hydrogens is 174 g/mol. The fourth-order valence-corrected chi connectivity index (χ4v) is 0.999. The van der Waals surface area contributed by atoms with E-state index in [2.05, 4.69) is 12.3 Å². The van der Waals surface area contributed by atoms with Gasteiger partial charge in [-0.15, -0.1) is 0 Å². The number of amidine groups is 1. The molecule has 0 saturated heterocycles. The second-order valence-electron chi connectivity index (χ2n) is 2.20. The van der Waals surface area contributed by atoms with Gasteiger partial charge in [0, 0.05) is 13.7 Å². The summed E-state index contributed by atoms with van der Waals surface area (Å²) >= 11 is 1.38. The van der Waals surface area contributed by atoms with E-state index >= 15 is 0 Å². The van der Waals surface area contributed by atoms with Crippen molar-refractivity contribution in [1.29, 1.82) is 5.41 Å². The van der Waals surface area contributed by atoms with E-state index in [1.54, 1.807) is 12.1 Å². The highest BCUT2D eigenvalue weighted by Gasteiger charge is 2.04. The largest absolute Gasteiger partial charge is 0.360 e. The molecule has 0 saturated carbocycles. The lowest BCUT2D eigenvalue weighted by Gasteiger charge is -2.21. The van der Waals surface area contributed by atoms with E-state index in [0.717, 1.165) is 13.0 Å². The summed E-state index contributed by atoms with van der Waals surface area (Å²) in [6, 6.07) is 0. The molecule has 12 heavy (non-hydrogen) atoms. The number of rotatable bonds is 5. The Morgan fingerprint density at radius 3 is 2.75 bits per heavy atom. The second-order valence-corrected chi connectivity index (χ2v) is 2.99. The summed E-state index contributed by atoms with van der Waals surface area (Å²) in [6.07, 6.45) is 2.87. The number of hydrazine groups is 1. The molecule has 0 heterocycles. The summed E-state index contributed by atoms with van der Waals surface area (Å²) in [5, 5.41) is 9.60. The van der Waals surface area contributed by atoms with Gasteiger partial charge in [-0.3, -0.25) is 10.4 Å². The summed E-state index contributed by atoms with van der Waals surface area (Å²) in [5.74, 6) is 0. The van der Waals surface area contributed by atoms with E-state index in [0.29, 0.717) is 11.9 Å². The van der Waals surface area contributed by atoms with Crippen LogP contribution in [0, 0.1) is 5.41 Å². The number of nitrogens with one attached hydrogen (secondary N) is 2. The molecule has 2 N–H and O–H groups in total.